The van der Waals surface area contributed by atoms with Gasteiger partial charge in [-0.05, 0) is 41.8 Å². The van der Waals surface area contributed by atoms with Crippen LogP contribution >= 0.6 is 35.0 Å². The average Bonchev–Trinajstić information content (AvgIpc) is 2.87. The Balaban J connectivity index is 1.85. The van der Waals surface area contributed by atoms with Crippen LogP contribution in [0.4, 0.5) is 4.39 Å². The molecule has 3 rings (SSSR count). The first-order valence-corrected chi connectivity index (χ1v) is 13.7. The van der Waals surface area contributed by atoms with E-state index in [1.165, 1.54) is 17.8 Å². The van der Waals surface area contributed by atoms with E-state index >= 15 is 0 Å². The highest BCUT2D eigenvalue weighted by molar-refractivity contribution is 7.99. The third kappa shape index (κ3) is 8.26. The molecule has 3 aromatic rings. The third-order valence-corrected chi connectivity index (χ3v) is 7.13. The molecule has 0 aliphatic rings. The quantitative estimate of drug-likeness (QED) is 0.281. The van der Waals surface area contributed by atoms with Crippen molar-refractivity contribution >= 4 is 46.8 Å². The second-order valence-electron chi connectivity index (χ2n) is 8.34. The lowest BCUT2D eigenvalue weighted by atomic mass is 10.0. The van der Waals surface area contributed by atoms with Crippen LogP contribution < -0.4 is 5.32 Å². The van der Waals surface area contributed by atoms with Gasteiger partial charge in [0.2, 0.25) is 11.8 Å². The minimum atomic E-state index is -0.719. The molecule has 0 bridgehead atoms. The summed E-state index contributed by atoms with van der Waals surface area (Å²) in [6.07, 6.45) is 1.15. The first-order valence-electron chi connectivity index (χ1n) is 11.7. The molecule has 0 saturated heterocycles. The number of thioether (sulfide) groups is 1. The number of hydrogen-bond donors (Lipinski definition) is 1. The van der Waals surface area contributed by atoms with E-state index in [4.69, 9.17) is 23.2 Å². The van der Waals surface area contributed by atoms with Gasteiger partial charge in [0.15, 0.2) is 0 Å². The van der Waals surface area contributed by atoms with Gasteiger partial charge < -0.3 is 10.2 Å². The van der Waals surface area contributed by atoms with Crippen LogP contribution in [0.2, 0.25) is 10.0 Å². The molecule has 0 spiro atoms. The summed E-state index contributed by atoms with van der Waals surface area (Å²) in [7, 11) is 0. The molecule has 4 nitrogen and oxygen atoms in total. The Morgan fingerprint density at radius 2 is 1.72 bits per heavy atom. The topological polar surface area (TPSA) is 49.4 Å². The zero-order chi connectivity index (χ0) is 25.9. The van der Waals surface area contributed by atoms with Gasteiger partial charge in [0.05, 0.1) is 5.75 Å². The molecule has 0 radical (unpaired) electrons. The fourth-order valence-electron chi connectivity index (χ4n) is 3.75. The molecule has 1 atom stereocenters. The number of halogens is 3. The highest BCUT2D eigenvalue weighted by atomic mass is 35.5. The van der Waals surface area contributed by atoms with E-state index in [0.29, 0.717) is 28.6 Å². The predicted octanol–water partition coefficient (Wildman–Crippen LogP) is 6.53. The summed E-state index contributed by atoms with van der Waals surface area (Å²) in [5, 5.41) is 3.83. The van der Waals surface area contributed by atoms with Crippen molar-refractivity contribution in [3.8, 4) is 0 Å². The Bertz CT molecular complexity index is 1140. The van der Waals surface area contributed by atoms with Gasteiger partial charge >= 0.3 is 0 Å². The lowest BCUT2D eigenvalue weighted by molar-refractivity contribution is -0.139. The Morgan fingerprint density at radius 1 is 1.00 bits per heavy atom. The number of nitrogens with one attached hydrogen (secondary N) is 1. The van der Waals surface area contributed by atoms with Gasteiger partial charge in [-0.3, -0.25) is 9.59 Å². The summed E-state index contributed by atoms with van der Waals surface area (Å²) in [4.78, 5) is 28.5. The van der Waals surface area contributed by atoms with Crippen molar-refractivity contribution in [2.75, 3.05) is 12.3 Å². The van der Waals surface area contributed by atoms with Crippen molar-refractivity contribution in [2.45, 2.75) is 38.1 Å². The lowest BCUT2D eigenvalue weighted by Gasteiger charge is -2.31. The minimum Gasteiger partial charge on any atom is -0.354 e. The van der Waals surface area contributed by atoms with E-state index in [1.807, 2.05) is 49.4 Å². The first kappa shape index (κ1) is 28.0. The highest BCUT2D eigenvalue weighted by Crippen LogP contribution is 2.25. The highest BCUT2D eigenvalue weighted by Gasteiger charge is 2.30. The zero-order valence-corrected chi connectivity index (χ0v) is 22.4. The van der Waals surface area contributed by atoms with Crippen LogP contribution in [-0.2, 0) is 28.3 Å². The van der Waals surface area contributed by atoms with E-state index in [2.05, 4.69) is 5.32 Å². The monoisotopic (exact) mass is 546 g/mol. The van der Waals surface area contributed by atoms with Gasteiger partial charge in [0.1, 0.15) is 11.9 Å². The molecule has 1 unspecified atom stereocenters. The number of nitrogens with zero attached hydrogens (tertiary/aromatic N) is 1. The summed E-state index contributed by atoms with van der Waals surface area (Å²) < 4.78 is 14.2. The second kappa shape index (κ2) is 14.3. The molecule has 0 aliphatic heterocycles. The van der Waals surface area contributed by atoms with Gasteiger partial charge in [-0.2, -0.15) is 0 Å². The van der Waals surface area contributed by atoms with Crippen LogP contribution in [0.3, 0.4) is 0 Å². The summed E-state index contributed by atoms with van der Waals surface area (Å²) >= 11 is 13.6. The number of rotatable bonds is 12. The number of benzene rings is 3. The Morgan fingerprint density at radius 3 is 2.42 bits per heavy atom. The van der Waals surface area contributed by atoms with E-state index in [1.54, 1.807) is 29.2 Å². The van der Waals surface area contributed by atoms with E-state index in [9.17, 15) is 14.0 Å². The Labute approximate surface area is 226 Å². The second-order valence-corrected chi connectivity index (χ2v) is 10.2. The van der Waals surface area contributed by atoms with Gasteiger partial charge in [-0.25, -0.2) is 4.39 Å². The van der Waals surface area contributed by atoms with Gasteiger partial charge in [0.25, 0.3) is 0 Å². The molecule has 2 amide bonds. The van der Waals surface area contributed by atoms with Crippen molar-refractivity contribution < 1.29 is 14.0 Å². The van der Waals surface area contributed by atoms with Crippen LogP contribution in [0.1, 0.15) is 30.0 Å². The summed E-state index contributed by atoms with van der Waals surface area (Å²) in [5.74, 6) is -0.525. The molecule has 0 aromatic heterocycles. The average molecular weight is 548 g/mol. The van der Waals surface area contributed by atoms with Crippen LogP contribution in [0.15, 0.2) is 72.8 Å². The molecule has 0 fully saturated rings. The molecule has 36 heavy (non-hydrogen) atoms. The van der Waals surface area contributed by atoms with Gasteiger partial charge in [-0.1, -0.05) is 78.7 Å². The SMILES string of the molecule is CCCNC(=O)C(Cc1ccccc1)N(Cc1cccc(Cl)c1)C(=O)CSCc1c(F)cccc1Cl. The molecule has 8 heteroatoms. The fraction of sp³-hybridized carbons (Fsp3) is 0.286. The summed E-state index contributed by atoms with van der Waals surface area (Å²) in [5.41, 5.74) is 2.13. The maximum atomic E-state index is 14.2. The van der Waals surface area contributed by atoms with Crippen LogP contribution in [0.5, 0.6) is 0 Å². The van der Waals surface area contributed by atoms with Crippen molar-refractivity contribution in [1.29, 1.82) is 0 Å². The molecule has 3 aromatic carbocycles. The summed E-state index contributed by atoms with van der Waals surface area (Å²) in [6, 6.07) is 20.7. The number of carbonyl (C=O) groups excluding carboxylic acids is 2. The molecular formula is C28H29Cl2FN2O2S. The van der Waals surface area contributed by atoms with Crippen molar-refractivity contribution in [3.63, 3.8) is 0 Å². The smallest absolute Gasteiger partial charge is 0.243 e. The summed E-state index contributed by atoms with van der Waals surface area (Å²) in [6.45, 7) is 2.72. The van der Waals surface area contributed by atoms with Crippen LogP contribution in [-0.4, -0.2) is 35.1 Å². The van der Waals surface area contributed by atoms with Gasteiger partial charge in [-0.15, -0.1) is 11.8 Å². The largest absolute Gasteiger partial charge is 0.354 e. The molecule has 1 N–H and O–H groups in total. The Kier molecular flexibility index (Phi) is 11.1. The van der Waals surface area contributed by atoms with Crippen LogP contribution in [0.25, 0.3) is 0 Å². The molecular weight excluding hydrogens is 518 g/mol. The Hall–Kier alpha value is -2.54. The number of amides is 2. The molecule has 190 valence electrons. The fourth-order valence-corrected chi connectivity index (χ4v) is 5.21. The zero-order valence-electron chi connectivity index (χ0n) is 20.1. The molecule has 0 aliphatic carbocycles. The van der Waals surface area contributed by atoms with E-state index in [0.717, 1.165) is 17.5 Å². The van der Waals surface area contributed by atoms with Gasteiger partial charge in [0, 0.05) is 40.9 Å². The molecule has 0 saturated carbocycles. The van der Waals surface area contributed by atoms with Crippen LogP contribution in [0, 0.1) is 5.82 Å². The lowest BCUT2D eigenvalue weighted by Crippen LogP contribution is -2.51. The first-order chi connectivity index (χ1) is 17.4. The normalized spacial score (nSPS) is 11.7. The number of hydrogen-bond acceptors (Lipinski definition) is 3. The predicted molar refractivity (Wildman–Crippen MR) is 147 cm³/mol. The standard InChI is InChI=1S/C28H29Cl2FN2O2S/c1-2-14-32-28(35)26(16-20-8-4-3-5-9-20)33(17-21-10-6-11-22(29)15-21)27(34)19-36-18-23-24(30)12-7-13-25(23)31/h3-13,15,26H,2,14,16-19H2,1H3,(H,32,35). The van der Waals surface area contributed by atoms with Crippen molar-refractivity contribution in [2.24, 2.45) is 0 Å². The number of carbonyl (C=O) groups is 2. The minimum absolute atomic E-state index is 0.0670. The third-order valence-electron chi connectivity index (χ3n) is 5.60. The molecule has 0 heterocycles. The maximum absolute atomic E-state index is 14.2. The van der Waals surface area contributed by atoms with E-state index < -0.39 is 11.9 Å². The van der Waals surface area contributed by atoms with Crippen molar-refractivity contribution in [1.82, 2.24) is 10.2 Å². The van der Waals surface area contributed by atoms with E-state index in [-0.39, 0.29) is 29.9 Å². The van der Waals surface area contributed by atoms with Crippen molar-refractivity contribution in [3.05, 3.63) is 105 Å². The maximum Gasteiger partial charge on any atom is 0.243 e.